The molecule has 2 aliphatic carbocycles. The zero-order valence-electron chi connectivity index (χ0n) is 11.6. The summed E-state index contributed by atoms with van der Waals surface area (Å²) in [6, 6.07) is 7.36. The van der Waals surface area contributed by atoms with Crippen LogP contribution in [-0.4, -0.2) is 6.54 Å². The van der Waals surface area contributed by atoms with Gasteiger partial charge in [-0.3, -0.25) is 0 Å². The van der Waals surface area contributed by atoms with Gasteiger partial charge in [-0.05, 0) is 61.4 Å². The van der Waals surface area contributed by atoms with Crippen LogP contribution in [0.1, 0.15) is 62.1 Å². The van der Waals surface area contributed by atoms with E-state index in [9.17, 15) is 0 Å². The Labute approximate surface area is 125 Å². The Balaban J connectivity index is 1.44. The molecule has 0 saturated heterocycles. The molecule has 104 valence electrons. The zero-order chi connectivity index (χ0) is 13.1. The predicted molar refractivity (Wildman–Crippen MR) is 84.4 cm³/mol. The number of fused-ring (bicyclic) bond motifs is 1. The highest BCUT2D eigenvalue weighted by atomic mass is 79.9. The second-order valence-corrected chi connectivity index (χ2v) is 7.10. The van der Waals surface area contributed by atoms with E-state index in [1.165, 1.54) is 73.5 Å². The van der Waals surface area contributed by atoms with Crippen LogP contribution in [0.2, 0.25) is 0 Å². The van der Waals surface area contributed by atoms with Crippen LogP contribution >= 0.6 is 15.9 Å². The molecule has 3 rings (SSSR count). The third-order valence-electron chi connectivity index (χ3n) is 4.84. The SMILES string of the molecule is Brc1ccc2c(c1)CCC2NCCCC1CCCC1. The average Bonchev–Trinajstić information content (AvgIpc) is 3.03. The first-order chi connectivity index (χ1) is 9.33. The van der Waals surface area contributed by atoms with E-state index in [-0.39, 0.29) is 0 Å². The number of aryl methyl sites for hydroxylation is 1. The molecule has 1 fully saturated rings. The zero-order valence-corrected chi connectivity index (χ0v) is 13.2. The monoisotopic (exact) mass is 321 g/mol. The maximum Gasteiger partial charge on any atom is 0.0326 e. The minimum atomic E-state index is 0.603. The fraction of sp³-hybridized carbons (Fsp3) is 0.647. The smallest absolute Gasteiger partial charge is 0.0326 e. The van der Waals surface area contributed by atoms with Crippen molar-refractivity contribution in [2.24, 2.45) is 5.92 Å². The van der Waals surface area contributed by atoms with Crippen molar-refractivity contribution in [1.82, 2.24) is 5.32 Å². The van der Waals surface area contributed by atoms with E-state index in [4.69, 9.17) is 0 Å². The van der Waals surface area contributed by atoms with Gasteiger partial charge in [-0.2, -0.15) is 0 Å². The number of benzene rings is 1. The maximum absolute atomic E-state index is 3.77. The molecular formula is C17H24BrN. The van der Waals surface area contributed by atoms with Gasteiger partial charge in [0, 0.05) is 10.5 Å². The van der Waals surface area contributed by atoms with Gasteiger partial charge in [0.1, 0.15) is 0 Å². The normalized spacial score (nSPS) is 22.9. The minimum absolute atomic E-state index is 0.603. The number of halogens is 1. The van der Waals surface area contributed by atoms with Crippen LogP contribution in [0.25, 0.3) is 0 Å². The molecule has 1 aromatic carbocycles. The van der Waals surface area contributed by atoms with Crippen molar-refractivity contribution in [1.29, 1.82) is 0 Å². The molecule has 1 aromatic rings. The van der Waals surface area contributed by atoms with Crippen LogP contribution in [-0.2, 0) is 6.42 Å². The number of rotatable bonds is 5. The van der Waals surface area contributed by atoms with E-state index < -0.39 is 0 Å². The Hall–Kier alpha value is -0.340. The lowest BCUT2D eigenvalue weighted by atomic mass is 10.0. The largest absolute Gasteiger partial charge is 0.310 e. The summed E-state index contributed by atoms with van der Waals surface area (Å²) < 4.78 is 1.22. The van der Waals surface area contributed by atoms with Crippen molar-refractivity contribution < 1.29 is 0 Å². The van der Waals surface area contributed by atoms with Crippen molar-refractivity contribution >= 4 is 15.9 Å². The van der Waals surface area contributed by atoms with Crippen LogP contribution in [0.4, 0.5) is 0 Å². The first kappa shape index (κ1) is 13.6. The van der Waals surface area contributed by atoms with Crippen molar-refractivity contribution in [3.8, 4) is 0 Å². The molecule has 1 unspecified atom stereocenters. The van der Waals surface area contributed by atoms with Crippen LogP contribution in [0.15, 0.2) is 22.7 Å². The number of hydrogen-bond acceptors (Lipinski definition) is 1. The Morgan fingerprint density at radius 2 is 2.00 bits per heavy atom. The molecule has 1 nitrogen and oxygen atoms in total. The summed E-state index contributed by atoms with van der Waals surface area (Å²) in [4.78, 5) is 0. The molecule has 1 saturated carbocycles. The second-order valence-electron chi connectivity index (χ2n) is 6.18. The van der Waals surface area contributed by atoms with Gasteiger partial charge in [-0.15, -0.1) is 0 Å². The quantitative estimate of drug-likeness (QED) is 0.753. The average molecular weight is 322 g/mol. The van der Waals surface area contributed by atoms with Crippen LogP contribution in [0.5, 0.6) is 0 Å². The van der Waals surface area contributed by atoms with E-state index in [1.807, 2.05) is 0 Å². The van der Waals surface area contributed by atoms with Gasteiger partial charge in [0.15, 0.2) is 0 Å². The highest BCUT2D eigenvalue weighted by molar-refractivity contribution is 9.10. The Morgan fingerprint density at radius 1 is 1.16 bits per heavy atom. The third kappa shape index (κ3) is 3.41. The molecule has 0 radical (unpaired) electrons. The van der Waals surface area contributed by atoms with Gasteiger partial charge in [0.05, 0.1) is 0 Å². The second kappa shape index (κ2) is 6.41. The van der Waals surface area contributed by atoms with Crippen molar-refractivity contribution in [3.05, 3.63) is 33.8 Å². The summed E-state index contributed by atoms with van der Waals surface area (Å²) >= 11 is 3.57. The van der Waals surface area contributed by atoms with E-state index >= 15 is 0 Å². The van der Waals surface area contributed by atoms with Gasteiger partial charge in [-0.1, -0.05) is 47.7 Å². The van der Waals surface area contributed by atoms with Crippen molar-refractivity contribution in [2.75, 3.05) is 6.54 Å². The third-order valence-corrected chi connectivity index (χ3v) is 5.33. The Kier molecular flexibility index (Phi) is 4.60. The molecule has 1 atom stereocenters. The molecular weight excluding hydrogens is 298 g/mol. The summed E-state index contributed by atoms with van der Waals surface area (Å²) in [6.07, 6.45) is 11.2. The highest BCUT2D eigenvalue weighted by Gasteiger charge is 2.22. The molecule has 2 aliphatic rings. The van der Waals surface area contributed by atoms with Gasteiger partial charge < -0.3 is 5.32 Å². The summed E-state index contributed by atoms with van der Waals surface area (Å²) in [6.45, 7) is 1.19. The standard InChI is InChI=1S/C17H24BrN/c18-15-8-9-16-14(12-15)7-10-17(16)19-11-3-6-13-4-1-2-5-13/h8-9,12-13,17,19H,1-7,10-11H2. The molecule has 0 aromatic heterocycles. The first-order valence-corrected chi connectivity index (χ1v) is 8.64. The van der Waals surface area contributed by atoms with E-state index in [0.717, 1.165) is 5.92 Å². The van der Waals surface area contributed by atoms with Gasteiger partial charge >= 0.3 is 0 Å². The van der Waals surface area contributed by atoms with Crippen molar-refractivity contribution in [2.45, 2.75) is 57.4 Å². The van der Waals surface area contributed by atoms with Crippen molar-refractivity contribution in [3.63, 3.8) is 0 Å². The number of nitrogens with one attached hydrogen (secondary N) is 1. The van der Waals surface area contributed by atoms with Gasteiger partial charge in [0.25, 0.3) is 0 Å². The Morgan fingerprint density at radius 3 is 2.84 bits per heavy atom. The lowest BCUT2D eigenvalue weighted by Gasteiger charge is -2.15. The number of hydrogen-bond donors (Lipinski definition) is 1. The predicted octanol–water partition coefficient (Wildman–Crippen LogP) is 5.00. The molecule has 1 N–H and O–H groups in total. The fourth-order valence-corrected chi connectivity index (χ4v) is 4.17. The van der Waals surface area contributed by atoms with Crippen LogP contribution in [0, 0.1) is 5.92 Å². The molecule has 0 bridgehead atoms. The summed E-state index contributed by atoms with van der Waals surface area (Å²) in [5.41, 5.74) is 3.06. The highest BCUT2D eigenvalue weighted by Crippen LogP contribution is 2.33. The molecule has 2 heteroatoms. The van der Waals surface area contributed by atoms with E-state index in [2.05, 4.69) is 39.4 Å². The molecule has 0 spiro atoms. The summed E-state index contributed by atoms with van der Waals surface area (Å²) in [5, 5.41) is 3.77. The topological polar surface area (TPSA) is 12.0 Å². The van der Waals surface area contributed by atoms with Crippen LogP contribution < -0.4 is 5.32 Å². The first-order valence-electron chi connectivity index (χ1n) is 7.84. The summed E-state index contributed by atoms with van der Waals surface area (Å²) in [5.74, 6) is 1.04. The molecule has 0 amide bonds. The molecule has 0 heterocycles. The van der Waals surface area contributed by atoms with Gasteiger partial charge in [-0.25, -0.2) is 0 Å². The van der Waals surface area contributed by atoms with E-state index in [0.29, 0.717) is 6.04 Å². The summed E-state index contributed by atoms with van der Waals surface area (Å²) in [7, 11) is 0. The maximum atomic E-state index is 3.77. The van der Waals surface area contributed by atoms with Gasteiger partial charge in [0.2, 0.25) is 0 Å². The lowest BCUT2D eigenvalue weighted by Crippen LogP contribution is -2.20. The lowest BCUT2D eigenvalue weighted by molar-refractivity contribution is 0.447. The molecule has 0 aliphatic heterocycles. The minimum Gasteiger partial charge on any atom is -0.310 e. The van der Waals surface area contributed by atoms with E-state index in [1.54, 1.807) is 0 Å². The molecule has 19 heavy (non-hydrogen) atoms. The van der Waals surface area contributed by atoms with Crippen LogP contribution in [0.3, 0.4) is 0 Å². The fourth-order valence-electron chi connectivity index (χ4n) is 3.76. The Bertz CT molecular complexity index is 423.